The van der Waals surface area contributed by atoms with E-state index in [2.05, 4.69) is 10.6 Å². The normalized spacial score (nSPS) is 11.7. The van der Waals surface area contributed by atoms with E-state index in [0.29, 0.717) is 5.69 Å². The van der Waals surface area contributed by atoms with Gasteiger partial charge in [0.2, 0.25) is 9.84 Å². The number of urea groups is 1. The summed E-state index contributed by atoms with van der Waals surface area (Å²) in [5, 5.41) is 5.12. The van der Waals surface area contributed by atoms with E-state index in [4.69, 9.17) is 5.73 Å². The summed E-state index contributed by atoms with van der Waals surface area (Å²) < 4.78 is 58.6. The van der Waals surface area contributed by atoms with Gasteiger partial charge >= 0.3 is 6.03 Å². The Morgan fingerprint density at radius 2 is 1.48 bits per heavy atom. The van der Waals surface area contributed by atoms with Crippen molar-refractivity contribution in [1.29, 1.82) is 0 Å². The smallest absolute Gasteiger partial charge is 0.323 e. The second-order valence-corrected chi connectivity index (χ2v) is 9.91. The Morgan fingerprint density at radius 3 is 2.13 bits per heavy atom. The third-order valence-electron chi connectivity index (χ3n) is 4.34. The first-order chi connectivity index (χ1) is 14.5. The van der Waals surface area contributed by atoms with Gasteiger partial charge in [0.05, 0.1) is 20.4 Å². The van der Waals surface area contributed by atoms with E-state index in [1.807, 2.05) is 0 Å². The van der Waals surface area contributed by atoms with Crippen LogP contribution >= 0.6 is 0 Å². The molecule has 11 heteroatoms. The third kappa shape index (κ3) is 5.02. The van der Waals surface area contributed by atoms with Crippen LogP contribution < -0.4 is 16.4 Å². The van der Waals surface area contributed by atoms with Gasteiger partial charge in [0.1, 0.15) is 0 Å². The molecule has 0 unspecified atom stereocenters. The Morgan fingerprint density at radius 1 is 0.839 bits per heavy atom. The number of rotatable bonds is 5. The lowest BCUT2D eigenvalue weighted by Gasteiger charge is -2.13. The lowest BCUT2D eigenvalue weighted by Crippen LogP contribution is -2.19. The molecule has 31 heavy (non-hydrogen) atoms. The van der Waals surface area contributed by atoms with Crippen LogP contribution in [0.1, 0.15) is 5.56 Å². The Hall–Kier alpha value is -3.41. The fourth-order valence-electron chi connectivity index (χ4n) is 2.81. The van der Waals surface area contributed by atoms with Crippen LogP contribution in [0, 0.1) is 6.92 Å². The number of nitrogens with two attached hydrogens (primary N) is 1. The summed E-state index contributed by atoms with van der Waals surface area (Å²) in [6.45, 7) is 1.42. The minimum absolute atomic E-state index is 0.0944. The van der Waals surface area contributed by atoms with Gasteiger partial charge in [-0.05, 0) is 55.0 Å². The third-order valence-corrected chi connectivity index (χ3v) is 7.14. The second kappa shape index (κ2) is 8.38. The molecule has 3 aromatic carbocycles. The van der Waals surface area contributed by atoms with E-state index in [0.717, 1.165) is 6.07 Å². The first-order valence-electron chi connectivity index (χ1n) is 8.84. The van der Waals surface area contributed by atoms with Gasteiger partial charge in [-0.15, -0.1) is 0 Å². The lowest BCUT2D eigenvalue weighted by molar-refractivity contribution is 0.262. The molecule has 0 aliphatic heterocycles. The number of benzene rings is 3. The average Bonchev–Trinajstić information content (AvgIpc) is 2.69. The van der Waals surface area contributed by atoms with Crippen LogP contribution in [0.5, 0.6) is 0 Å². The molecular weight excluding hydrogens is 442 g/mol. The van der Waals surface area contributed by atoms with E-state index in [-0.39, 0.29) is 26.7 Å². The van der Waals surface area contributed by atoms with E-state index in [1.165, 1.54) is 37.3 Å². The quantitative estimate of drug-likeness (QED) is 0.335. The molecule has 0 radical (unpaired) electrons. The Kier molecular flexibility index (Phi) is 6.02. The monoisotopic (exact) mass is 461 g/mol. The van der Waals surface area contributed by atoms with Crippen molar-refractivity contribution in [2.45, 2.75) is 21.6 Å². The molecule has 0 spiro atoms. The number of amides is 2. The Balaban J connectivity index is 1.95. The summed E-state index contributed by atoms with van der Waals surface area (Å²) in [5.41, 5.74) is 6.63. The Bertz CT molecular complexity index is 1350. The molecule has 0 aromatic heterocycles. The summed E-state index contributed by atoms with van der Waals surface area (Å²) in [6, 6.07) is 15.3. The van der Waals surface area contributed by atoms with Crippen LogP contribution in [0.15, 0.2) is 81.4 Å². The van der Waals surface area contributed by atoms with Crippen molar-refractivity contribution in [3.8, 4) is 0 Å². The van der Waals surface area contributed by atoms with Crippen LogP contribution in [0.2, 0.25) is 0 Å². The summed E-state index contributed by atoms with van der Waals surface area (Å²) in [6.07, 6.45) is 0. The molecule has 5 N–H and O–H groups in total. The molecule has 0 saturated carbocycles. The molecule has 3 aromatic rings. The van der Waals surface area contributed by atoms with Gasteiger partial charge in [-0.1, -0.05) is 24.3 Å². The molecule has 0 aliphatic rings. The predicted octanol–water partition coefficient (Wildman–Crippen LogP) is 3.30. The number of hydrogen-bond donors (Lipinski definition) is 4. The van der Waals surface area contributed by atoms with Gasteiger partial charge in [-0.3, -0.25) is 4.55 Å². The molecule has 0 bridgehead atoms. The van der Waals surface area contributed by atoms with E-state index < -0.39 is 30.9 Å². The highest BCUT2D eigenvalue weighted by molar-refractivity contribution is 7.91. The minimum Gasteiger partial charge on any atom is -0.398 e. The number of carbonyl (C=O) groups is 1. The number of nitrogen functional groups attached to an aromatic ring is 1. The van der Waals surface area contributed by atoms with E-state index in [1.54, 1.807) is 30.3 Å². The van der Waals surface area contributed by atoms with E-state index >= 15 is 0 Å². The molecule has 0 atom stereocenters. The lowest BCUT2D eigenvalue weighted by atomic mass is 10.2. The number of anilines is 3. The standard InChI is InChI=1S/C20H19N3O6S2/c1-13-7-9-16(12-18(13)31(27,28)29)30(25,26)19-11-15(8-10-17(19)21)23-20(24)22-14-5-3-2-4-6-14/h2-12H,21H2,1H3,(H2,22,23,24)(H,27,28,29). The Labute approximate surface area is 179 Å². The van der Waals surface area contributed by atoms with E-state index in [9.17, 15) is 26.2 Å². The zero-order valence-corrected chi connectivity index (χ0v) is 17.9. The van der Waals surface area contributed by atoms with Crippen molar-refractivity contribution in [1.82, 2.24) is 0 Å². The van der Waals surface area contributed by atoms with Gasteiger partial charge in [0, 0.05) is 11.4 Å². The maximum atomic E-state index is 13.1. The zero-order valence-electron chi connectivity index (χ0n) is 16.2. The topological polar surface area (TPSA) is 156 Å². The van der Waals surface area contributed by atoms with Crippen LogP contribution in [0.25, 0.3) is 0 Å². The molecular formula is C20H19N3O6S2. The van der Waals surface area contributed by atoms with Gasteiger partial charge in [-0.2, -0.15) is 8.42 Å². The number of aryl methyl sites for hydroxylation is 1. The number of sulfone groups is 1. The average molecular weight is 462 g/mol. The van der Waals surface area contributed by atoms with Gasteiger partial charge < -0.3 is 16.4 Å². The highest BCUT2D eigenvalue weighted by Crippen LogP contribution is 2.30. The fraction of sp³-hybridized carbons (Fsp3) is 0.0500. The molecule has 9 nitrogen and oxygen atoms in total. The summed E-state index contributed by atoms with van der Waals surface area (Å²) >= 11 is 0. The molecule has 0 heterocycles. The first kappa shape index (κ1) is 22.3. The maximum absolute atomic E-state index is 13.1. The summed E-state index contributed by atoms with van der Waals surface area (Å²) in [4.78, 5) is 11.0. The molecule has 162 valence electrons. The summed E-state index contributed by atoms with van der Waals surface area (Å²) in [7, 11) is -8.88. The van der Waals surface area contributed by atoms with Crippen molar-refractivity contribution >= 4 is 43.0 Å². The van der Waals surface area contributed by atoms with Crippen LogP contribution in [-0.2, 0) is 20.0 Å². The fourth-order valence-corrected chi connectivity index (χ4v) is 5.07. The van der Waals surface area contributed by atoms with Crippen molar-refractivity contribution < 1.29 is 26.2 Å². The number of para-hydroxylation sites is 1. The van der Waals surface area contributed by atoms with Crippen molar-refractivity contribution in [3.05, 3.63) is 72.3 Å². The molecule has 0 saturated heterocycles. The van der Waals surface area contributed by atoms with Crippen molar-refractivity contribution in [3.63, 3.8) is 0 Å². The second-order valence-electron chi connectivity index (χ2n) is 6.60. The number of nitrogens with one attached hydrogen (secondary N) is 2. The zero-order chi connectivity index (χ0) is 22.8. The molecule has 2 amide bonds. The van der Waals surface area contributed by atoms with Crippen LogP contribution in [0.4, 0.5) is 21.9 Å². The first-order valence-corrected chi connectivity index (χ1v) is 11.8. The van der Waals surface area contributed by atoms with Gasteiger partial charge in [-0.25, -0.2) is 13.2 Å². The van der Waals surface area contributed by atoms with Crippen molar-refractivity contribution in [2.75, 3.05) is 16.4 Å². The van der Waals surface area contributed by atoms with Crippen LogP contribution in [-0.4, -0.2) is 27.4 Å². The van der Waals surface area contributed by atoms with Gasteiger partial charge in [0.15, 0.2) is 0 Å². The highest BCUT2D eigenvalue weighted by Gasteiger charge is 2.24. The molecule has 3 rings (SSSR count). The molecule has 0 aliphatic carbocycles. The highest BCUT2D eigenvalue weighted by atomic mass is 32.2. The van der Waals surface area contributed by atoms with Crippen LogP contribution in [0.3, 0.4) is 0 Å². The van der Waals surface area contributed by atoms with Gasteiger partial charge in [0.25, 0.3) is 10.1 Å². The minimum atomic E-state index is -4.62. The summed E-state index contributed by atoms with van der Waals surface area (Å²) in [5.74, 6) is 0. The molecule has 0 fully saturated rings. The number of hydrogen-bond acceptors (Lipinski definition) is 6. The maximum Gasteiger partial charge on any atom is 0.323 e. The van der Waals surface area contributed by atoms with Crippen molar-refractivity contribution in [2.24, 2.45) is 0 Å². The number of carbonyl (C=O) groups excluding carboxylic acids is 1. The predicted molar refractivity (Wildman–Crippen MR) is 116 cm³/mol. The largest absolute Gasteiger partial charge is 0.398 e. The SMILES string of the molecule is Cc1ccc(S(=O)(=O)c2cc(NC(=O)Nc3ccccc3)ccc2N)cc1S(=O)(=O)O.